The van der Waals surface area contributed by atoms with E-state index < -0.39 is 28.9 Å². The molecule has 1 aliphatic heterocycles. The van der Waals surface area contributed by atoms with E-state index in [-0.39, 0.29) is 51.8 Å². The van der Waals surface area contributed by atoms with Crippen molar-refractivity contribution in [2.75, 3.05) is 0 Å². The number of aliphatic hydroxyl groups is 1. The lowest BCUT2D eigenvalue weighted by atomic mass is 9.33. The maximum absolute atomic E-state index is 14.1. The van der Waals surface area contributed by atoms with Gasteiger partial charge >= 0.3 is 11.9 Å². The Bertz CT molecular complexity index is 1740. The Kier molecular flexibility index (Phi) is 8.92. The Labute approximate surface area is 311 Å². The van der Waals surface area contributed by atoms with E-state index in [1.807, 2.05) is 6.07 Å². The zero-order valence-electron chi connectivity index (χ0n) is 33.2. The highest BCUT2D eigenvalue weighted by Gasteiger charge is 2.70. The van der Waals surface area contributed by atoms with Gasteiger partial charge in [0.1, 0.15) is 6.10 Å². The predicted octanol–water partition coefficient (Wildman–Crippen LogP) is 9.46. The molecule has 0 amide bonds. The number of hydrogen-bond acceptors (Lipinski definition) is 6. The van der Waals surface area contributed by atoms with Crippen LogP contribution >= 0.6 is 0 Å². The average molecular weight is 714 g/mol. The molecular weight excluding hydrogens is 650 g/mol. The van der Waals surface area contributed by atoms with Crippen molar-refractivity contribution in [3.05, 3.63) is 41.0 Å². The molecule has 1 heterocycles. The Morgan fingerprint density at radius 2 is 1.65 bits per heavy atom. The van der Waals surface area contributed by atoms with Gasteiger partial charge in [0.15, 0.2) is 5.78 Å². The summed E-state index contributed by atoms with van der Waals surface area (Å²) in [5, 5.41) is 22.0. The van der Waals surface area contributed by atoms with Crippen LogP contribution < -0.4 is 0 Å². The number of ketones is 1. The summed E-state index contributed by atoms with van der Waals surface area (Å²) in [7, 11) is 0. The highest BCUT2D eigenvalue weighted by molar-refractivity contribution is 6.01. The second-order valence-corrected chi connectivity index (χ2v) is 20.3. The maximum Gasteiger partial charge on any atom is 0.309 e. The van der Waals surface area contributed by atoms with Gasteiger partial charge in [-0.3, -0.25) is 19.4 Å². The Hall–Kier alpha value is -2.80. The van der Waals surface area contributed by atoms with Gasteiger partial charge < -0.3 is 14.9 Å². The van der Waals surface area contributed by atoms with E-state index in [0.717, 1.165) is 74.8 Å². The molecule has 0 radical (unpaired) electrons. The van der Waals surface area contributed by atoms with Crippen molar-refractivity contribution in [1.82, 2.24) is 0 Å². The molecule has 7 rings (SSSR count). The third-order valence-corrected chi connectivity index (χ3v) is 16.6. The molecule has 52 heavy (non-hydrogen) atoms. The van der Waals surface area contributed by atoms with Gasteiger partial charge in [0, 0.05) is 35.8 Å². The van der Waals surface area contributed by atoms with E-state index >= 15 is 0 Å². The van der Waals surface area contributed by atoms with Crippen LogP contribution in [-0.4, -0.2) is 45.9 Å². The van der Waals surface area contributed by atoms with Crippen molar-refractivity contribution < 1.29 is 29.3 Å². The van der Waals surface area contributed by atoms with Crippen molar-refractivity contribution in [1.29, 1.82) is 0 Å². The molecule has 0 spiro atoms. The molecule has 6 aliphatic rings. The van der Waals surface area contributed by atoms with E-state index in [4.69, 9.17) is 9.73 Å². The number of carbonyl (C=O) groups is 3. The number of fused-ring (bicyclic) bond motifs is 8. The maximum atomic E-state index is 14.1. The molecule has 0 bridgehead atoms. The third kappa shape index (κ3) is 5.35. The molecule has 1 aromatic carbocycles. The molecule has 1 aromatic rings. The van der Waals surface area contributed by atoms with Gasteiger partial charge in [-0.1, -0.05) is 72.2 Å². The third-order valence-electron chi connectivity index (χ3n) is 16.6. The monoisotopic (exact) mass is 713 g/mol. The molecule has 2 N–H and O–H groups in total. The van der Waals surface area contributed by atoms with Gasteiger partial charge in [-0.2, -0.15) is 0 Å². The Balaban J connectivity index is 1.17. The van der Waals surface area contributed by atoms with E-state index in [9.17, 15) is 24.6 Å². The van der Waals surface area contributed by atoms with Crippen LogP contribution in [0.1, 0.15) is 139 Å². The molecule has 5 aliphatic carbocycles. The van der Waals surface area contributed by atoms with E-state index in [2.05, 4.69) is 66.7 Å². The molecule has 9 atom stereocenters. The highest BCUT2D eigenvalue weighted by Crippen LogP contribution is 2.77. The minimum absolute atomic E-state index is 0.00973. The Morgan fingerprint density at radius 3 is 2.33 bits per heavy atom. The molecule has 7 heteroatoms. The molecule has 4 saturated carbocycles. The molecule has 7 nitrogen and oxygen atoms in total. The number of ether oxygens (including phenoxy) is 1. The molecule has 284 valence electrons. The van der Waals surface area contributed by atoms with Gasteiger partial charge in [-0.05, 0) is 122 Å². The number of aliphatic carboxylic acids is 1. The molecule has 0 aromatic heterocycles. The number of carbonyl (C=O) groups excluding carboxylic acids is 2. The van der Waals surface area contributed by atoms with Crippen molar-refractivity contribution in [2.45, 2.75) is 152 Å². The fourth-order valence-corrected chi connectivity index (χ4v) is 13.6. The van der Waals surface area contributed by atoms with Crippen LogP contribution in [0.4, 0.5) is 5.69 Å². The van der Waals surface area contributed by atoms with Gasteiger partial charge in [-0.15, -0.1) is 0 Å². The quantitative estimate of drug-likeness (QED) is 0.260. The molecule has 0 saturated heterocycles. The van der Waals surface area contributed by atoms with Crippen molar-refractivity contribution >= 4 is 29.1 Å². The minimum Gasteiger partial charge on any atom is -0.481 e. The van der Waals surface area contributed by atoms with Crippen LogP contribution in [0.2, 0.25) is 0 Å². The number of para-hydroxylation sites is 1. The summed E-state index contributed by atoms with van der Waals surface area (Å²) < 4.78 is 6.17. The van der Waals surface area contributed by atoms with Crippen LogP contribution in [0.5, 0.6) is 0 Å². The SMILES string of the molecule is CC(C)C1=C2[C@H]3CC[C@@H]4[C@@]5(C)CC[C@H](OC(=O)CC(C)(C)C(=O)O)C(C)(C)[C@@H]5CC[C@@]4(C)[C@]3(C)CC[C@@]2([C@@H](O)CC2=Nc3ccccc3C2)CC1=O. The smallest absolute Gasteiger partial charge is 0.309 e. The predicted molar refractivity (Wildman–Crippen MR) is 203 cm³/mol. The summed E-state index contributed by atoms with van der Waals surface area (Å²) in [5.74, 6) is 0.0760. The van der Waals surface area contributed by atoms with Crippen LogP contribution in [-0.2, 0) is 25.5 Å². The number of Topliss-reactive ketones (excluding diaryl/α,β-unsaturated/α-hetero) is 1. The number of carboxylic acids is 1. The fourth-order valence-electron chi connectivity index (χ4n) is 13.6. The number of aliphatic hydroxyl groups excluding tert-OH is 1. The van der Waals surface area contributed by atoms with Crippen LogP contribution in [0.25, 0.3) is 0 Å². The minimum atomic E-state index is -1.16. The first kappa shape index (κ1) is 37.5. The van der Waals surface area contributed by atoms with Crippen LogP contribution in [0, 0.1) is 56.2 Å². The number of carboxylic acid groups (broad SMARTS) is 1. The largest absolute Gasteiger partial charge is 0.481 e. The zero-order chi connectivity index (χ0) is 37.8. The van der Waals surface area contributed by atoms with E-state index in [1.54, 1.807) is 13.8 Å². The van der Waals surface area contributed by atoms with Gasteiger partial charge in [0.2, 0.25) is 0 Å². The lowest BCUT2D eigenvalue weighted by Gasteiger charge is -2.72. The Morgan fingerprint density at radius 1 is 0.942 bits per heavy atom. The second kappa shape index (κ2) is 12.4. The first-order valence-corrected chi connectivity index (χ1v) is 20.2. The first-order chi connectivity index (χ1) is 24.2. The van der Waals surface area contributed by atoms with Gasteiger partial charge in [0.05, 0.1) is 23.6 Å². The molecule has 0 unspecified atom stereocenters. The number of hydrogen-bond donors (Lipinski definition) is 2. The first-order valence-electron chi connectivity index (χ1n) is 20.2. The lowest BCUT2D eigenvalue weighted by molar-refractivity contribution is -0.235. The van der Waals surface area contributed by atoms with E-state index in [1.165, 1.54) is 11.1 Å². The summed E-state index contributed by atoms with van der Waals surface area (Å²) in [6.07, 6.45) is 8.54. The van der Waals surface area contributed by atoms with Crippen molar-refractivity contribution in [3.63, 3.8) is 0 Å². The number of rotatable bonds is 8. The fraction of sp³-hybridized carbons (Fsp3) is 0.733. The lowest BCUT2D eigenvalue weighted by Crippen LogP contribution is -2.66. The van der Waals surface area contributed by atoms with Gasteiger partial charge in [-0.25, -0.2) is 0 Å². The number of benzene rings is 1. The second-order valence-electron chi connectivity index (χ2n) is 20.3. The number of nitrogens with zero attached hydrogens (tertiary/aromatic N) is 1. The summed E-state index contributed by atoms with van der Waals surface area (Å²) >= 11 is 0. The summed E-state index contributed by atoms with van der Waals surface area (Å²) in [6.45, 7) is 19.7. The topological polar surface area (TPSA) is 113 Å². The number of allylic oxidation sites excluding steroid dienone is 1. The molecular formula is C45H63NO6. The average Bonchev–Trinajstić information content (AvgIpc) is 3.60. The van der Waals surface area contributed by atoms with Gasteiger partial charge in [0.25, 0.3) is 0 Å². The van der Waals surface area contributed by atoms with Crippen molar-refractivity contribution in [2.24, 2.45) is 61.2 Å². The highest BCUT2D eigenvalue weighted by atomic mass is 16.5. The van der Waals surface area contributed by atoms with Crippen LogP contribution in [0.3, 0.4) is 0 Å². The molecule has 4 fully saturated rings. The van der Waals surface area contributed by atoms with Crippen molar-refractivity contribution in [3.8, 4) is 0 Å². The summed E-state index contributed by atoms with van der Waals surface area (Å²) in [6, 6.07) is 8.25. The van der Waals surface area contributed by atoms with E-state index in [0.29, 0.717) is 24.7 Å². The zero-order valence-corrected chi connectivity index (χ0v) is 33.2. The number of esters is 1. The summed E-state index contributed by atoms with van der Waals surface area (Å²) in [4.78, 5) is 43.9. The number of aliphatic imine (C=N–C) groups is 1. The normalized spacial score (nSPS) is 38.4. The van der Waals surface area contributed by atoms with Crippen LogP contribution in [0.15, 0.2) is 40.4 Å². The standard InChI is InChI=1S/C45H63NO6/c1-26(2)37-31(47)24-45(34(48)23-28-22-27-12-10-11-13-30(27)46-28)21-20-43(8)29(38(37)45)14-15-33-42(7)18-17-35(52-36(49)25-40(3,4)39(50)51)41(5,6)32(42)16-19-44(33,43)9/h10-13,26,29,32-35,48H,14-25H2,1-9H3,(H,50,51)/t29-,32+,33-,34+,35+,42+,43-,44-,45+/m1/s1. The summed E-state index contributed by atoms with van der Waals surface area (Å²) in [5.41, 5.74) is 3.74.